The van der Waals surface area contributed by atoms with Crippen molar-refractivity contribution in [3.8, 4) is 0 Å². The Kier molecular flexibility index (Phi) is 5.09. The summed E-state index contributed by atoms with van der Waals surface area (Å²) >= 11 is 1.76. The minimum absolute atomic E-state index is 0.0262. The second-order valence-corrected chi connectivity index (χ2v) is 6.25. The molecule has 0 fully saturated rings. The van der Waals surface area contributed by atoms with Crippen molar-refractivity contribution in [3.05, 3.63) is 40.1 Å². The van der Waals surface area contributed by atoms with Gasteiger partial charge in [-0.05, 0) is 36.3 Å². The van der Waals surface area contributed by atoms with Crippen LogP contribution in [0.4, 0.5) is 0 Å². The Morgan fingerprint density at radius 3 is 2.81 bits per heavy atom. The van der Waals surface area contributed by atoms with Crippen molar-refractivity contribution in [2.24, 2.45) is 0 Å². The van der Waals surface area contributed by atoms with Gasteiger partial charge >= 0.3 is 0 Å². The lowest BCUT2D eigenvalue weighted by atomic mass is 9.84. The number of imidazole rings is 1. The Balaban J connectivity index is 0.000000282. The molecule has 0 amide bonds. The molecule has 1 unspecified atom stereocenters. The molecule has 2 heterocycles. The van der Waals surface area contributed by atoms with Gasteiger partial charge in [0.05, 0.1) is 27.1 Å². The predicted molar refractivity (Wildman–Crippen MR) is 65.1 cm³/mol. The number of carbonyl (C=O) groups excluding carboxylic acids is 1. The first-order valence-electron chi connectivity index (χ1n) is 6.08. The Morgan fingerprint density at radius 2 is 2.19 bits per heavy atom. The molecule has 0 radical (unpaired) electrons. The Labute approximate surface area is 126 Å². The number of ketones is 1. The quantitative estimate of drug-likeness (QED) is 0.653. The number of H-pyrrole nitrogens is 1. The maximum absolute atomic E-state index is 12.2. The zero-order valence-electron chi connectivity index (χ0n) is 10.8. The third-order valence-electron chi connectivity index (χ3n) is 3.12. The minimum Gasteiger partial charge on any atom is -0.350 e. The lowest BCUT2D eigenvalue weighted by Crippen LogP contribution is -2.58. The average molecular weight is 333 g/mol. The van der Waals surface area contributed by atoms with Gasteiger partial charge in [0.15, 0.2) is 5.78 Å². The zero-order valence-corrected chi connectivity index (χ0v) is 12.4. The summed E-state index contributed by atoms with van der Waals surface area (Å²) in [6, 6.07) is 2.09. The van der Waals surface area contributed by atoms with E-state index in [1.165, 1.54) is 10.4 Å². The fourth-order valence-corrected chi connectivity index (χ4v) is 3.32. The Morgan fingerprint density at radius 1 is 1.48 bits per heavy atom. The molecule has 0 spiro atoms. The summed E-state index contributed by atoms with van der Waals surface area (Å²) < 4.78 is 32.7. The van der Waals surface area contributed by atoms with Crippen LogP contribution in [0.15, 0.2) is 24.0 Å². The fourth-order valence-electron chi connectivity index (χ4n) is 2.33. The van der Waals surface area contributed by atoms with E-state index >= 15 is 0 Å². The number of nitrogens with zero attached hydrogens (tertiary/aromatic N) is 1. The number of aromatic amines is 1. The number of halogens is 1. The summed E-state index contributed by atoms with van der Waals surface area (Å²) in [5.74, 6) is 0.180. The van der Waals surface area contributed by atoms with Crippen LogP contribution in [-0.4, -0.2) is 20.4 Å². The number of carbonyl (C=O) groups is 1. The van der Waals surface area contributed by atoms with Gasteiger partial charge in [0.2, 0.25) is 0 Å². The van der Waals surface area contributed by atoms with Gasteiger partial charge in [-0.2, -0.15) is 14.0 Å². The number of hydrogen-bond acceptors (Lipinski definition) is 7. The van der Waals surface area contributed by atoms with Crippen LogP contribution >= 0.6 is 11.3 Å². The van der Waals surface area contributed by atoms with Crippen molar-refractivity contribution in [3.63, 3.8) is 0 Å². The van der Waals surface area contributed by atoms with Crippen molar-refractivity contribution in [2.75, 3.05) is 0 Å². The molecule has 0 bridgehead atoms. The molecule has 2 aromatic heterocycles. The molecule has 114 valence electrons. The second kappa shape index (κ2) is 6.65. The highest BCUT2D eigenvalue weighted by Gasteiger charge is 2.28. The third-order valence-corrected chi connectivity index (χ3v) is 4.12. The number of aryl methyl sites for hydroxylation is 1. The highest BCUT2D eigenvalue weighted by atomic mass is 35.7. The standard InChI is InChI=1S/C12H12N2OS.ClHO4/c15-12(10-6-13-7-14-10)9-2-1-3-11-8(9)4-5-16-11;2-1(3,4)5/h4-7,9H,1-3H2,(H,13,14);(H,2,3,4,5). The van der Waals surface area contributed by atoms with E-state index in [1.54, 1.807) is 23.9 Å². The summed E-state index contributed by atoms with van der Waals surface area (Å²) in [5.41, 5.74) is 1.79. The van der Waals surface area contributed by atoms with Crippen LogP contribution in [0.5, 0.6) is 0 Å². The normalized spacial score (nSPS) is 17.6. The summed E-state index contributed by atoms with van der Waals surface area (Å²) in [6.07, 6.45) is 6.43. The number of rotatable bonds is 2. The van der Waals surface area contributed by atoms with Crippen LogP contribution in [0.25, 0.3) is 0 Å². The van der Waals surface area contributed by atoms with E-state index in [4.69, 9.17) is 18.6 Å². The number of Topliss-reactive ketones (excluding diaryl/α,β-unsaturated/α-hetero) is 1. The monoisotopic (exact) mass is 332 g/mol. The average Bonchev–Trinajstić information content (AvgIpc) is 3.06. The van der Waals surface area contributed by atoms with Gasteiger partial charge in [-0.25, -0.2) is 4.98 Å². The van der Waals surface area contributed by atoms with Crippen molar-refractivity contribution < 1.29 is 33.7 Å². The van der Waals surface area contributed by atoms with E-state index in [1.807, 2.05) is 0 Å². The van der Waals surface area contributed by atoms with E-state index in [9.17, 15) is 4.79 Å². The van der Waals surface area contributed by atoms with Crippen LogP contribution in [0.3, 0.4) is 0 Å². The van der Waals surface area contributed by atoms with E-state index in [-0.39, 0.29) is 11.7 Å². The maximum atomic E-state index is 12.2. The van der Waals surface area contributed by atoms with Crippen molar-refractivity contribution >= 4 is 17.1 Å². The molecule has 0 saturated carbocycles. The summed E-state index contributed by atoms with van der Waals surface area (Å²) in [5, 5.41) is 2.08. The summed E-state index contributed by atoms with van der Waals surface area (Å²) in [6.45, 7) is 0. The van der Waals surface area contributed by atoms with Gasteiger partial charge in [0, 0.05) is 11.1 Å². The van der Waals surface area contributed by atoms with Gasteiger partial charge in [-0.15, -0.1) is 11.3 Å². The summed E-state index contributed by atoms with van der Waals surface area (Å²) in [4.78, 5) is 20.5. The molecular weight excluding hydrogens is 320 g/mol. The first-order valence-corrected chi connectivity index (χ1v) is 8.23. The van der Waals surface area contributed by atoms with Gasteiger partial charge < -0.3 is 4.98 Å². The van der Waals surface area contributed by atoms with Crippen LogP contribution < -0.4 is 14.0 Å². The molecule has 3 rings (SSSR count). The molecule has 1 atom stereocenters. The highest BCUT2D eigenvalue weighted by Crippen LogP contribution is 2.36. The minimum atomic E-state index is -4.69. The molecule has 1 aliphatic carbocycles. The number of fused-ring (bicyclic) bond motifs is 1. The number of aromatic nitrogens is 2. The second-order valence-electron chi connectivity index (χ2n) is 4.46. The predicted octanol–water partition coefficient (Wildman–Crippen LogP) is -1.35. The molecule has 21 heavy (non-hydrogen) atoms. The molecule has 7 nitrogen and oxygen atoms in total. The van der Waals surface area contributed by atoms with Gasteiger partial charge in [-0.1, -0.05) is 0 Å². The number of hydrogen-bond donors (Lipinski definition) is 2. The lowest BCUT2D eigenvalue weighted by Gasteiger charge is -2.20. The summed E-state index contributed by atoms with van der Waals surface area (Å²) in [7, 11) is -4.69. The Bertz CT molecular complexity index is 587. The van der Waals surface area contributed by atoms with Crippen molar-refractivity contribution in [1.29, 1.82) is 0 Å². The fraction of sp³-hybridized carbons (Fsp3) is 0.333. The van der Waals surface area contributed by atoms with E-state index in [0.29, 0.717) is 5.69 Å². The highest BCUT2D eigenvalue weighted by molar-refractivity contribution is 7.10. The molecule has 0 aromatic carbocycles. The zero-order chi connectivity index (χ0) is 15.5. The van der Waals surface area contributed by atoms with Gasteiger partial charge in [0.25, 0.3) is 0 Å². The lowest BCUT2D eigenvalue weighted by molar-refractivity contribution is -1.92. The maximum Gasteiger partial charge on any atom is 0.190 e. The molecule has 2 aromatic rings. The first-order chi connectivity index (χ1) is 9.86. The molecule has 2 N–H and O–H groups in total. The molecule has 0 saturated heterocycles. The van der Waals surface area contributed by atoms with Crippen LogP contribution in [-0.2, 0) is 6.42 Å². The van der Waals surface area contributed by atoms with E-state index in [2.05, 4.69) is 21.4 Å². The molecular formula is C12H13ClN2O5S. The van der Waals surface area contributed by atoms with Gasteiger partial charge in [0.1, 0.15) is 5.69 Å². The molecule has 9 heteroatoms. The number of nitrogens with one attached hydrogen (secondary N) is 1. The van der Waals surface area contributed by atoms with Crippen molar-refractivity contribution in [1.82, 2.24) is 9.97 Å². The largest absolute Gasteiger partial charge is 0.350 e. The Hall–Kier alpha value is -1.29. The first kappa shape index (κ1) is 16.1. The molecule has 1 aliphatic rings. The number of thiophene rings is 1. The van der Waals surface area contributed by atoms with Crippen LogP contribution in [0.2, 0.25) is 0 Å². The van der Waals surface area contributed by atoms with Crippen LogP contribution in [0, 0.1) is 10.2 Å². The topological polar surface area (TPSA) is 135 Å². The SMILES string of the molecule is O=C(c1c[nH]cn1)C1CCCc2sccc21.[O-][Cl+3]([O-])([O-])O. The van der Waals surface area contributed by atoms with E-state index in [0.717, 1.165) is 19.3 Å². The van der Waals surface area contributed by atoms with Crippen molar-refractivity contribution in [2.45, 2.75) is 25.2 Å². The van der Waals surface area contributed by atoms with Crippen LogP contribution in [0.1, 0.15) is 39.7 Å². The third kappa shape index (κ3) is 4.60. The molecule has 0 aliphatic heterocycles. The smallest absolute Gasteiger partial charge is 0.190 e. The van der Waals surface area contributed by atoms with E-state index < -0.39 is 10.2 Å². The van der Waals surface area contributed by atoms with Gasteiger partial charge in [-0.3, -0.25) is 4.79 Å².